The maximum atomic E-state index is 8.72. The van der Waals surface area contributed by atoms with Gasteiger partial charge in [-0.05, 0) is 18.6 Å². The summed E-state index contributed by atoms with van der Waals surface area (Å²) in [5, 5.41) is 9.10. The van der Waals surface area contributed by atoms with Crippen LogP contribution in [0.1, 0.15) is 25.0 Å². The molecule has 0 aliphatic heterocycles. The fraction of sp³-hybridized carbons (Fsp3) is 0.444. The lowest BCUT2D eigenvalue weighted by Gasteiger charge is -1.98. The Kier molecular flexibility index (Phi) is 5.68. The molecule has 0 amide bonds. The van der Waals surface area contributed by atoms with Crippen molar-refractivity contribution < 1.29 is 5.11 Å². The summed E-state index contributed by atoms with van der Waals surface area (Å²) in [5.74, 6) is 0. The highest BCUT2D eigenvalue weighted by Crippen LogP contribution is 2.12. The number of nitrogens with zero attached hydrogens (tertiary/aromatic N) is 1. The predicted molar refractivity (Wildman–Crippen MR) is 51.3 cm³/mol. The Hall–Kier alpha value is -0.600. The molecule has 1 heterocycles. The predicted octanol–water partition coefficient (Wildman–Crippen LogP) is 2.56. The quantitative estimate of drug-likeness (QED) is 0.686. The molecule has 12 heavy (non-hydrogen) atoms. The number of hydrogen-bond acceptors (Lipinski definition) is 2. The zero-order valence-electron chi connectivity index (χ0n) is 7.63. The van der Waals surface area contributed by atoms with Crippen molar-refractivity contribution in [2.45, 2.75) is 27.4 Å². The summed E-state index contributed by atoms with van der Waals surface area (Å²) in [4.78, 5) is 3.85. The molecule has 0 spiro atoms. The van der Waals surface area contributed by atoms with Crippen LogP contribution in [0.5, 0.6) is 0 Å². The molecule has 68 valence electrons. The van der Waals surface area contributed by atoms with Crippen molar-refractivity contribution in [1.82, 2.24) is 4.98 Å². The number of hydrogen-bond donors (Lipinski definition) is 1. The monoisotopic (exact) mass is 187 g/mol. The number of pyridine rings is 1. The van der Waals surface area contributed by atoms with E-state index in [9.17, 15) is 0 Å². The molecule has 1 aromatic rings. The summed E-state index contributed by atoms with van der Waals surface area (Å²) < 4.78 is 0. The van der Waals surface area contributed by atoms with Crippen LogP contribution in [0.15, 0.2) is 12.3 Å². The number of rotatable bonds is 1. The van der Waals surface area contributed by atoms with Gasteiger partial charge < -0.3 is 5.11 Å². The van der Waals surface area contributed by atoms with Crippen LogP contribution >= 0.6 is 11.6 Å². The van der Waals surface area contributed by atoms with Gasteiger partial charge in [-0.1, -0.05) is 25.4 Å². The number of aromatic nitrogens is 1. The van der Waals surface area contributed by atoms with Gasteiger partial charge >= 0.3 is 0 Å². The van der Waals surface area contributed by atoms with Gasteiger partial charge in [-0.3, -0.25) is 0 Å². The Balaban J connectivity index is 0.000000561. The average Bonchev–Trinajstić information content (AvgIpc) is 2.13. The van der Waals surface area contributed by atoms with Gasteiger partial charge in [-0.2, -0.15) is 0 Å². The molecular weight excluding hydrogens is 174 g/mol. The van der Waals surface area contributed by atoms with Crippen LogP contribution in [0.25, 0.3) is 0 Å². The fourth-order valence-corrected chi connectivity index (χ4v) is 0.887. The second kappa shape index (κ2) is 5.98. The summed E-state index contributed by atoms with van der Waals surface area (Å²) in [6.45, 7) is 5.86. The molecule has 0 aliphatic carbocycles. The Bertz CT molecular complexity index is 238. The van der Waals surface area contributed by atoms with E-state index >= 15 is 0 Å². The largest absolute Gasteiger partial charge is 0.392 e. The van der Waals surface area contributed by atoms with Gasteiger partial charge in [0.2, 0.25) is 0 Å². The fourth-order valence-electron chi connectivity index (χ4n) is 0.724. The van der Waals surface area contributed by atoms with Crippen molar-refractivity contribution in [3.05, 3.63) is 28.5 Å². The van der Waals surface area contributed by atoms with E-state index in [2.05, 4.69) is 4.98 Å². The first-order valence-electron chi connectivity index (χ1n) is 3.96. The zero-order valence-corrected chi connectivity index (χ0v) is 8.39. The number of aryl methyl sites for hydroxylation is 1. The van der Waals surface area contributed by atoms with E-state index in [1.54, 1.807) is 6.20 Å². The molecule has 0 aromatic carbocycles. The second-order valence-corrected chi connectivity index (χ2v) is 2.48. The molecule has 0 fully saturated rings. The summed E-state index contributed by atoms with van der Waals surface area (Å²) in [5.41, 5.74) is 1.69. The van der Waals surface area contributed by atoms with Crippen LogP contribution in [0.3, 0.4) is 0 Å². The highest BCUT2D eigenvalue weighted by atomic mass is 35.5. The second-order valence-electron chi connectivity index (χ2n) is 2.12. The van der Waals surface area contributed by atoms with Gasteiger partial charge in [0.15, 0.2) is 0 Å². The number of aliphatic hydroxyl groups is 1. The molecule has 1 aromatic heterocycles. The van der Waals surface area contributed by atoms with Crippen molar-refractivity contribution >= 4 is 11.6 Å². The maximum Gasteiger partial charge on any atom is 0.134 e. The molecule has 2 nitrogen and oxygen atoms in total. The van der Waals surface area contributed by atoms with Crippen LogP contribution in [0.2, 0.25) is 5.15 Å². The summed E-state index contributed by atoms with van der Waals surface area (Å²) in [7, 11) is 0. The Labute approximate surface area is 78.2 Å². The van der Waals surface area contributed by atoms with E-state index in [1.165, 1.54) is 0 Å². The van der Waals surface area contributed by atoms with Gasteiger partial charge in [0.1, 0.15) is 5.15 Å². The molecule has 1 rings (SSSR count). The molecule has 1 N–H and O–H groups in total. The van der Waals surface area contributed by atoms with Crippen molar-refractivity contribution in [3.8, 4) is 0 Å². The zero-order chi connectivity index (χ0) is 9.56. The standard InChI is InChI=1S/C7H8ClNO.C2H6/c1-5-2-6(4-10)7(8)9-3-5;1-2/h2-3,10H,4H2,1H3;1-2H3. The van der Waals surface area contributed by atoms with Crippen molar-refractivity contribution in [1.29, 1.82) is 0 Å². The minimum atomic E-state index is -0.0481. The van der Waals surface area contributed by atoms with Crippen LogP contribution in [-0.2, 0) is 6.61 Å². The Morgan fingerprint density at radius 1 is 1.50 bits per heavy atom. The van der Waals surface area contributed by atoms with E-state index in [1.807, 2.05) is 26.8 Å². The maximum absolute atomic E-state index is 8.72. The summed E-state index contributed by atoms with van der Waals surface area (Å²) in [6, 6.07) is 1.81. The van der Waals surface area contributed by atoms with E-state index in [0.717, 1.165) is 5.56 Å². The molecule has 0 atom stereocenters. The van der Waals surface area contributed by atoms with Gasteiger partial charge in [-0.25, -0.2) is 4.98 Å². The molecule has 0 unspecified atom stereocenters. The van der Waals surface area contributed by atoms with Gasteiger partial charge in [0.05, 0.1) is 6.61 Å². The van der Waals surface area contributed by atoms with Gasteiger partial charge in [-0.15, -0.1) is 0 Å². The van der Waals surface area contributed by atoms with E-state index < -0.39 is 0 Å². The lowest BCUT2D eigenvalue weighted by Crippen LogP contribution is -1.88. The average molecular weight is 188 g/mol. The van der Waals surface area contributed by atoms with E-state index in [4.69, 9.17) is 16.7 Å². The molecule has 0 radical (unpaired) electrons. The molecule has 0 saturated heterocycles. The lowest BCUT2D eigenvalue weighted by atomic mass is 10.2. The van der Waals surface area contributed by atoms with E-state index in [-0.39, 0.29) is 6.61 Å². The smallest absolute Gasteiger partial charge is 0.134 e. The molecular formula is C9H14ClNO. The third-order valence-electron chi connectivity index (χ3n) is 1.22. The third kappa shape index (κ3) is 3.20. The molecule has 0 bridgehead atoms. The first kappa shape index (κ1) is 11.4. The molecule has 3 heteroatoms. The summed E-state index contributed by atoms with van der Waals surface area (Å²) >= 11 is 5.63. The normalized spacial score (nSPS) is 8.75. The minimum absolute atomic E-state index is 0.0481. The first-order valence-corrected chi connectivity index (χ1v) is 4.33. The van der Waals surface area contributed by atoms with Crippen molar-refractivity contribution in [3.63, 3.8) is 0 Å². The van der Waals surface area contributed by atoms with Gasteiger partial charge in [0.25, 0.3) is 0 Å². The van der Waals surface area contributed by atoms with E-state index in [0.29, 0.717) is 10.7 Å². The van der Waals surface area contributed by atoms with Crippen molar-refractivity contribution in [2.75, 3.05) is 0 Å². The highest BCUT2D eigenvalue weighted by molar-refractivity contribution is 6.30. The van der Waals surface area contributed by atoms with Crippen LogP contribution in [-0.4, -0.2) is 10.1 Å². The summed E-state index contributed by atoms with van der Waals surface area (Å²) in [6.07, 6.45) is 1.67. The van der Waals surface area contributed by atoms with Crippen LogP contribution in [0, 0.1) is 6.92 Å². The van der Waals surface area contributed by atoms with Crippen LogP contribution < -0.4 is 0 Å². The highest BCUT2D eigenvalue weighted by Gasteiger charge is 1.98. The topological polar surface area (TPSA) is 33.1 Å². The number of aliphatic hydroxyl groups excluding tert-OH is 1. The van der Waals surface area contributed by atoms with Gasteiger partial charge in [0, 0.05) is 11.8 Å². The Morgan fingerprint density at radius 3 is 2.50 bits per heavy atom. The van der Waals surface area contributed by atoms with Crippen molar-refractivity contribution in [2.24, 2.45) is 0 Å². The Morgan fingerprint density at radius 2 is 2.08 bits per heavy atom. The SMILES string of the molecule is CC.Cc1cnc(Cl)c(CO)c1. The molecule has 0 saturated carbocycles. The first-order chi connectivity index (χ1) is 5.74. The minimum Gasteiger partial charge on any atom is -0.392 e. The van der Waals surface area contributed by atoms with Crippen LogP contribution in [0.4, 0.5) is 0 Å². The lowest BCUT2D eigenvalue weighted by molar-refractivity contribution is 0.281. The third-order valence-corrected chi connectivity index (χ3v) is 1.56. The number of halogens is 1. The molecule has 0 aliphatic rings.